The summed E-state index contributed by atoms with van der Waals surface area (Å²) in [5.41, 5.74) is 4.81. The number of piperidine rings is 1. The van der Waals surface area contributed by atoms with Crippen LogP contribution < -0.4 is 0 Å². The predicted molar refractivity (Wildman–Crippen MR) is 113 cm³/mol. The third-order valence-corrected chi connectivity index (χ3v) is 6.23. The quantitative estimate of drug-likeness (QED) is 0.739. The summed E-state index contributed by atoms with van der Waals surface area (Å²) in [5.74, 6) is 0.248. The molecule has 0 N–H and O–H groups in total. The summed E-state index contributed by atoms with van der Waals surface area (Å²) in [5, 5.41) is 4.46. The molecule has 1 atom stereocenters. The zero-order valence-corrected chi connectivity index (χ0v) is 17.8. The molecule has 1 fully saturated rings. The fourth-order valence-corrected chi connectivity index (χ4v) is 4.27. The number of carbonyl (C=O) groups is 1. The second-order valence-electron chi connectivity index (χ2n) is 8.11. The van der Waals surface area contributed by atoms with E-state index in [9.17, 15) is 4.79 Å². The van der Waals surface area contributed by atoms with E-state index < -0.39 is 0 Å². The van der Waals surface area contributed by atoms with Crippen LogP contribution in [0.4, 0.5) is 0 Å². The van der Waals surface area contributed by atoms with Gasteiger partial charge in [0.2, 0.25) is 5.91 Å². The lowest BCUT2D eigenvalue weighted by atomic mass is 10.0. The molecule has 0 radical (unpaired) electrons. The van der Waals surface area contributed by atoms with Gasteiger partial charge in [0, 0.05) is 45.3 Å². The summed E-state index contributed by atoms with van der Waals surface area (Å²) < 4.78 is 1.91. The number of amides is 1. The summed E-state index contributed by atoms with van der Waals surface area (Å²) in [4.78, 5) is 17.3. The van der Waals surface area contributed by atoms with E-state index in [0.29, 0.717) is 12.5 Å². The summed E-state index contributed by atoms with van der Waals surface area (Å²) >= 11 is 0. The maximum absolute atomic E-state index is 12.8. The van der Waals surface area contributed by atoms with Crippen LogP contribution in [0.15, 0.2) is 30.3 Å². The van der Waals surface area contributed by atoms with Crippen molar-refractivity contribution in [3.05, 3.63) is 52.8 Å². The number of aryl methyl sites for hydroxylation is 2. The lowest BCUT2D eigenvalue weighted by molar-refractivity contribution is -0.133. The number of rotatable bonds is 7. The molecule has 1 aliphatic rings. The summed E-state index contributed by atoms with van der Waals surface area (Å²) in [6.45, 7) is 7.30. The molecule has 1 saturated heterocycles. The third-order valence-electron chi connectivity index (χ3n) is 6.23. The Kier molecular flexibility index (Phi) is 6.89. The normalized spacial score (nSPS) is 17.6. The van der Waals surface area contributed by atoms with E-state index in [4.69, 9.17) is 0 Å². The van der Waals surface area contributed by atoms with Crippen LogP contribution in [-0.2, 0) is 24.7 Å². The molecule has 0 bridgehead atoms. The van der Waals surface area contributed by atoms with Gasteiger partial charge < -0.3 is 9.80 Å². The van der Waals surface area contributed by atoms with Crippen molar-refractivity contribution in [1.29, 1.82) is 0 Å². The molecule has 0 unspecified atom stereocenters. The number of benzene rings is 1. The highest BCUT2D eigenvalue weighted by molar-refractivity contribution is 5.76. The van der Waals surface area contributed by atoms with Gasteiger partial charge in [0.25, 0.3) is 0 Å². The van der Waals surface area contributed by atoms with E-state index in [1.807, 2.05) is 30.6 Å². The number of aromatic nitrogens is 2. The monoisotopic (exact) mass is 382 g/mol. The fourth-order valence-electron chi connectivity index (χ4n) is 4.27. The van der Waals surface area contributed by atoms with Gasteiger partial charge in [0.1, 0.15) is 0 Å². The first-order valence-corrected chi connectivity index (χ1v) is 10.5. The average Bonchev–Trinajstić information content (AvgIpc) is 2.96. The van der Waals surface area contributed by atoms with Crippen molar-refractivity contribution in [2.45, 2.75) is 52.0 Å². The Morgan fingerprint density at radius 2 is 1.96 bits per heavy atom. The lowest BCUT2D eigenvalue weighted by Crippen LogP contribution is -2.49. The van der Waals surface area contributed by atoms with E-state index in [1.165, 1.54) is 11.1 Å². The molecule has 152 valence electrons. The minimum absolute atomic E-state index is 0.248. The Morgan fingerprint density at radius 3 is 2.64 bits per heavy atom. The summed E-state index contributed by atoms with van der Waals surface area (Å²) in [6.07, 6.45) is 4.68. The van der Waals surface area contributed by atoms with Crippen LogP contribution in [0.2, 0.25) is 0 Å². The van der Waals surface area contributed by atoms with Crippen LogP contribution in [0, 0.1) is 13.8 Å². The highest BCUT2D eigenvalue weighted by Gasteiger charge is 2.26. The Labute approximate surface area is 169 Å². The van der Waals surface area contributed by atoms with E-state index in [1.54, 1.807) is 0 Å². The van der Waals surface area contributed by atoms with Crippen molar-refractivity contribution in [3.8, 4) is 0 Å². The first kappa shape index (κ1) is 20.6. The molecule has 1 aromatic carbocycles. The Hall–Kier alpha value is -2.14. The zero-order chi connectivity index (χ0) is 20.1. The Bertz CT molecular complexity index is 783. The minimum atomic E-state index is 0.248. The molecule has 1 aliphatic heterocycles. The van der Waals surface area contributed by atoms with Crippen LogP contribution >= 0.6 is 0 Å². The Morgan fingerprint density at radius 1 is 1.21 bits per heavy atom. The molecule has 3 rings (SSSR count). The highest BCUT2D eigenvalue weighted by Crippen LogP contribution is 2.18. The van der Waals surface area contributed by atoms with Crippen molar-refractivity contribution in [3.63, 3.8) is 0 Å². The Balaban J connectivity index is 1.50. The molecule has 0 spiro atoms. The molecule has 28 heavy (non-hydrogen) atoms. The summed E-state index contributed by atoms with van der Waals surface area (Å²) in [7, 11) is 3.95. The van der Waals surface area contributed by atoms with Gasteiger partial charge in [-0.3, -0.25) is 9.48 Å². The second-order valence-corrected chi connectivity index (χ2v) is 8.11. The molecular weight excluding hydrogens is 348 g/mol. The van der Waals surface area contributed by atoms with Gasteiger partial charge >= 0.3 is 0 Å². The van der Waals surface area contributed by atoms with Gasteiger partial charge in [-0.1, -0.05) is 30.3 Å². The summed E-state index contributed by atoms with van der Waals surface area (Å²) in [6, 6.07) is 11.0. The molecule has 2 heterocycles. The van der Waals surface area contributed by atoms with Crippen LogP contribution in [0.1, 0.15) is 41.8 Å². The highest BCUT2D eigenvalue weighted by atomic mass is 16.2. The van der Waals surface area contributed by atoms with E-state index in [0.717, 1.165) is 56.7 Å². The first-order valence-electron chi connectivity index (χ1n) is 10.5. The van der Waals surface area contributed by atoms with Crippen molar-refractivity contribution in [2.75, 3.05) is 26.7 Å². The van der Waals surface area contributed by atoms with Gasteiger partial charge in [-0.2, -0.15) is 5.10 Å². The molecule has 5 heteroatoms. The smallest absolute Gasteiger partial charge is 0.222 e. The van der Waals surface area contributed by atoms with E-state index in [-0.39, 0.29) is 5.91 Å². The average molecular weight is 383 g/mol. The van der Waals surface area contributed by atoms with Gasteiger partial charge in [0.05, 0.1) is 5.69 Å². The van der Waals surface area contributed by atoms with Gasteiger partial charge in [-0.25, -0.2) is 0 Å². The van der Waals surface area contributed by atoms with Crippen molar-refractivity contribution in [1.82, 2.24) is 19.6 Å². The van der Waals surface area contributed by atoms with Crippen molar-refractivity contribution in [2.24, 2.45) is 7.05 Å². The SMILES string of the molecule is Cc1nn(C)c(C)c1CCC(=O)N(C)[C@H]1CCCN(CCc2ccccc2)C1. The maximum atomic E-state index is 12.8. The van der Waals surface area contributed by atoms with E-state index in [2.05, 4.69) is 47.3 Å². The molecule has 0 saturated carbocycles. The first-order chi connectivity index (χ1) is 13.5. The van der Waals surface area contributed by atoms with E-state index >= 15 is 0 Å². The number of nitrogens with zero attached hydrogens (tertiary/aromatic N) is 4. The zero-order valence-electron chi connectivity index (χ0n) is 17.8. The van der Waals surface area contributed by atoms with Crippen LogP contribution in [0.3, 0.4) is 0 Å². The molecular formula is C23H34N4O. The molecule has 0 aliphatic carbocycles. The van der Waals surface area contributed by atoms with Crippen LogP contribution in [0.5, 0.6) is 0 Å². The molecule has 1 aromatic heterocycles. The van der Waals surface area contributed by atoms with Crippen molar-refractivity contribution < 1.29 is 4.79 Å². The number of likely N-dealkylation sites (N-methyl/N-ethyl adjacent to an activating group) is 1. The predicted octanol–water partition coefficient (Wildman–Crippen LogP) is 3.14. The number of likely N-dealkylation sites (tertiary alicyclic amines) is 1. The van der Waals surface area contributed by atoms with Crippen molar-refractivity contribution >= 4 is 5.91 Å². The topological polar surface area (TPSA) is 41.4 Å². The second kappa shape index (κ2) is 9.37. The fraction of sp³-hybridized carbons (Fsp3) is 0.565. The largest absolute Gasteiger partial charge is 0.341 e. The molecule has 5 nitrogen and oxygen atoms in total. The van der Waals surface area contributed by atoms with Crippen LogP contribution in [0.25, 0.3) is 0 Å². The van der Waals surface area contributed by atoms with Crippen LogP contribution in [-0.4, -0.2) is 58.2 Å². The maximum Gasteiger partial charge on any atom is 0.222 e. The van der Waals surface area contributed by atoms with Gasteiger partial charge in [0.15, 0.2) is 0 Å². The molecule has 1 amide bonds. The number of carbonyl (C=O) groups excluding carboxylic acids is 1. The lowest BCUT2D eigenvalue weighted by Gasteiger charge is -2.37. The van der Waals surface area contributed by atoms with Gasteiger partial charge in [-0.05, 0) is 57.2 Å². The van der Waals surface area contributed by atoms with Gasteiger partial charge in [-0.15, -0.1) is 0 Å². The standard InChI is InChI=1S/C23H34N4O/c1-18-22(19(2)26(4)24-18)12-13-23(28)25(3)21-11-8-15-27(17-21)16-14-20-9-6-5-7-10-20/h5-7,9-10,21H,8,11-17H2,1-4H3/t21-/m0/s1. The third kappa shape index (κ3) is 5.02. The number of hydrogen-bond acceptors (Lipinski definition) is 3. The minimum Gasteiger partial charge on any atom is -0.341 e. The number of hydrogen-bond donors (Lipinski definition) is 0. The molecule has 2 aromatic rings.